The van der Waals surface area contributed by atoms with E-state index in [2.05, 4.69) is 38.7 Å². The zero-order valence-electron chi connectivity index (χ0n) is 13.9. The fourth-order valence-corrected chi connectivity index (χ4v) is 3.32. The van der Waals surface area contributed by atoms with Gasteiger partial charge >= 0.3 is 0 Å². The Balaban J connectivity index is 1.35. The minimum Gasteiger partial charge on any atom is -0.490 e. The summed E-state index contributed by atoms with van der Waals surface area (Å²) in [5.74, 6) is 2.39. The first-order valence-electron chi connectivity index (χ1n) is 8.42. The van der Waals surface area contributed by atoms with Gasteiger partial charge in [-0.15, -0.1) is 0 Å². The zero-order valence-corrected chi connectivity index (χ0v) is 16.3. The van der Waals surface area contributed by atoms with Crippen LogP contribution in [-0.2, 0) is 6.54 Å². The highest BCUT2D eigenvalue weighted by Gasteiger charge is 2.15. The van der Waals surface area contributed by atoms with Crippen LogP contribution in [0, 0.1) is 5.92 Å². The van der Waals surface area contributed by atoms with Crippen LogP contribution in [0.1, 0.15) is 5.56 Å². The highest BCUT2D eigenvalue weighted by atomic mass is 79.9. The highest BCUT2D eigenvalue weighted by molar-refractivity contribution is 9.10. The Labute approximate surface area is 162 Å². The second-order valence-electron chi connectivity index (χ2n) is 6.07. The Morgan fingerprint density at radius 3 is 2.52 bits per heavy atom. The minimum atomic E-state index is 0.471. The number of rotatable bonds is 9. The normalized spacial score (nSPS) is 14.2. The van der Waals surface area contributed by atoms with Crippen LogP contribution in [0.3, 0.4) is 0 Å². The monoisotopic (exact) mass is 424 g/mol. The molecule has 1 aliphatic heterocycles. The molecule has 134 valence electrons. The van der Waals surface area contributed by atoms with Gasteiger partial charge in [-0.05, 0) is 57.7 Å². The molecule has 3 rings (SSSR count). The molecule has 1 heterocycles. The molecule has 1 fully saturated rings. The summed E-state index contributed by atoms with van der Waals surface area (Å²) in [5, 5.41) is 7.45. The number of nitrogens with one attached hydrogen (secondary N) is 2. The summed E-state index contributed by atoms with van der Waals surface area (Å²) in [4.78, 5) is 0. The van der Waals surface area contributed by atoms with Gasteiger partial charge in [0.25, 0.3) is 0 Å². The summed E-state index contributed by atoms with van der Waals surface area (Å²) < 4.78 is 12.2. The third-order valence-corrected chi connectivity index (χ3v) is 4.91. The number of hydrogen-bond donors (Lipinski definition) is 2. The lowest BCUT2D eigenvalue weighted by molar-refractivity contribution is 0.216. The molecule has 0 amide bonds. The van der Waals surface area contributed by atoms with E-state index in [1.165, 1.54) is 5.56 Å². The van der Waals surface area contributed by atoms with Gasteiger partial charge in [-0.25, -0.2) is 0 Å². The van der Waals surface area contributed by atoms with E-state index in [4.69, 9.17) is 21.1 Å². The lowest BCUT2D eigenvalue weighted by Crippen LogP contribution is -2.47. The third-order valence-electron chi connectivity index (χ3n) is 4.06. The van der Waals surface area contributed by atoms with Crippen molar-refractivity contribution in [1.29, 1.82) is 0 Å². The van der Waals surface area contributed by atoms with E-state index in [9.17, 15) is 0 Å². The van der Waals surface area contributed by atoms with E-state index in [1.54, 1.807) is 6.07 Å². The Hall–Kier alpha value is -1.27. The quantitative estimate of drug-likeness (QED) is 0.599. The first-order chi connectivity index (χ1) is 12.2. The maximum atomic E-state index is 5.91. The number of hydrogen-bond acceptors (Lipinski definition) is 4. The molecule has 0 unspecified atom stereocenters. The molecule has 6 heteroatoms. The molecule has 0 atom stereocenters. The van der Waals surface area contributed by atoms with Crippen molar-refractivity contribution in [2.24, 2.45) is 5.92 Å². The third kappa shape index (κ3) is 5.89. The van der Waals surface area contributed by atoms with E-state index < -0.39 is 0 Å². The molecule has 2 aromatic carbocycles. The molecule has 0 saturated carbocycles. The number of ether oxygens (including phenoxy) is 2. The van der Waals surface area contributed by atoms with Gasteiger partial charge in [0, 0.05) is 31.2 Å². The van der Waals surface area contributed by atoms with Crippen LogP contribution < -0.4 is 20.1 Å². The van der Waals surface area contributed by atoms with Crippen molar-refractivity contribution >= 4 is 27.5 Å². The smallest absolute Gasteiger partial charge is 0.133 e. The predicted octanol–water partition coefficient (Wildman–Crippen LogP) is 3.87. The van der Waals surface area contributed by atoms with Gasteiger partial charge in [-0.2, -0.15) is 0 Å². The summed E-state index contributed by atoms with van der Waals surface area (Å²) in [6.07, 6.45) is 0. The van der Waals surface area contributed by atoms with Gasteiger partial charge in [-0.1, -0.05) is 23.7 Å². The van der Waals surface area contributed by atoms with Crippen LogP contribution in [0.2, 0.25) is 5.02 Å². The second kappa shape index (κ2) is 9.43. The second-order valence-corrected chi connectivity index (χ2v) is 7.36. The van der Waals surface area contributed by atoms with Crippen LogP contribution in [0.4, 0.5) is 0 Å². The van der Waals surface area contributed by atoms with Crippen molar-refractivity contribution in [2.75, 3.05) is 32.8 Å². The molecular weight excluding hydrogens is 404 g/mol. The molecule has 4 nitrogen and oxygen atoms in total. The van der Waals surface area contributed by atoms with E-state index in [0.29, 0.717) is 18.2 Å². The van der Waals surface area contributed by atoms with Crippen LogP contribution in [-0.4, -0.2) is 32.8 Å². The highest BCUT2D eigenvalue weighted by Crippen LogP contribution is 2.27. The Kier molecular flexibility index (Phi) is 6.99. The molecule has 25 heavy (non-hydrogen) atoms. The molecule has 0 bridgehead atoms. The van der Waals surface area contributed by atoms with Crippen LogP contribution >= 0.6 is 27.5 Å². The summed E-state index contributed by atoms with van der Waals surface area (Å²) in [5.41, 5.74) is 1.26. The molecule has 2 aromatic rings. The van der Waals surface area contributed by atoms with Crippen molar-refractivity contribution in [3.63, 3.8) is 0 Å². The first-order valence-corrected chi connectivity index (χ1v) is 9.59. The van der Waals surface area contributed by atoms with Crippen LogP contribution in [0.15, 0.2) is 46.9 Å². The maximum absolute atomic E-state index is 5.91. The fraction of sp³-hybridized carbons (Fsp3) is 0.368. The van der Waals surface area contributed by atoms with E-state index in [-0.39, 0.29) is 0 Å². The molecule has 0 radical (unpaired) electrons. The first kappa shape index (κ1) is 18.5. The van der Waals surface area contributed by atoms with Crippen molar-refractivity contribution in [3.8, 4) is 11.5 Å². The van der Waals surface area contributed by atoms with Crippen molar-refractivity contribution in [1.82, 2.24) is 10.6 Å². The average Bonchev–Trinajstić information content (AvgIpc) is 2.57. The van der Waals surface area contributed by atoms with Gasteiger partial charge < -0.3 is 20.1 Å². The summed E-state index contributed by atoms with van der Waals surface area (Å²) in [6, 6.07) is 13.6. The number of halogens is 2. The number of benzene rings is 2. The molecule has 0 spiro atoms. The maximum Gasteiger partial charge on any atom is 0.133 e. The average molecular weight is 426 g/mol. The van der Waals surface area contributed by atoms with E-state index >= 15 is 0 Å². The predicted molar refractivity (Wildman–Crippen MR) is 105 cm³/mol. The van der Waals surface area contributed by atoms with Gasteiger partial charge in [0.15, 0.2) is 0 Å². The summed E-state index contributed by atoms with van der Waals surface area (Å²) >= 11 is 9.34. The molecule has 2 N–H and O–H groups in total. The fourth-order valence-electron chi connectivity index (χ4n) is 2.52. The minimum absolute atomic E-state index is 0.471. The van der Waals surface area contributed by atoms with Gasteiger partial charge in [0.1, 0.15) is 24.7 Å². The summed E-state index contributed by atoms with van der Waals surface area (Å²) in [6.45, 7) is 5.19. The Bertz CT molecular complexity index is 678. The summed E-state index contributed by atoms with van der Waals surface area (Å²) in [7, 11) is 0. The Morgan fingerprint density at radius 2 is 1.84 bits per heavy atom. The van der Waals surface area contributed by atoms with Crippen LogP contribution in [0.5, 0.6) is 11.5 Å². The van der Waals surface area contributed by atoms with Crippen molar-refractivity contribution in [2.45, 2.75) is 6.54 Å². The molecular formula is C19H22BrClN2O2. The lowest BCUT2D eigenvalue weighted by atomic mass is 10.0. The standard InChI is InChI=1S/C19H22BrClN2O2/c20-18-9-16(21)3-6-19(18)25-8-7-24-17-4-1-14(2-5-17)10-22-11-15-12-23-13-15/h1-6,9,15,22-23H,7-8,10-13H2. The Morgan fingerprint density at radius 1 is 1.08 bits per heavy atom. The molecule has 0 aliphatic carbocycles. The van der Waals surface area contributed by atoms with Gasteiger partial charge in [0.05, 0.1) is 4.47 Å². The van der Waals surface area contributed by atoms with E-state index in [0.717, 1.165) is 48.1 Å². The molecule has 1 aliphatic rings. The van der Waals surface area contributed by atoms with Crippen LogP contribution in [0.25, 0.3) is 0 Å². The van der Waals surface area contributed by atoms with Gasteiger partial charge in [0.2, 0.25) is 0 Å². The zero-order chi connectivity index (χ0) is 17.5. The van der Waals surface area contributed by atoms with Crippen molar-refractivity contribution in [3.05, 3.63) is 57.5 Å². The topological polar surface area (TPSA) is 42.5 Å². The van der Waals surface area contributed by atoms with Crippen molar-refractivity contribution < 1.29 is 9.47 Å². The largest absolute Gasteiger partial charge is 0.490 e. The van der Waals surface area contributed by atoms with Gasteiger partial charge in [-0.3, -0.25) is 0 Å². The SMILES string of the molecule is Clc1ccc(OCCOc2ccc(CNCC3CNC3)cc2)c(Br)c1. The lowest BCUT2D eigenvalue weighted by Gasteiger charge is -2.27. The van der Waals surface area contributed by atoms with E-state index in [1.807, 2.05) is 24.3 Å². The molecule has 1 saturated heterocycles. The molecule has 0 aromatic heterocycles.